The zero-order chi connectivity index (χ0) is 15.8. The van der Waals surface area contributed by atoms with Crippen molar-refractivity contribution in [1.29, 1.82) is 0 Å². The van der Waals surface area contributed by atoms with Crippen molar-refractivity contribution in [3.8, 4) is 0 Å². The molecule has 0 radical (unpaired) electrons. The molecule has 0 saturated heterocycles. The van der Waals surface area contributed by atoms with Gasteiger partial charge in [0.25, 0.3) is 0 Å². The first kappa shape index (κ1) is 14.0. The average Bonchev–Trinajstić information content (AvgIpc) is 2.96. The van der Waals surface area contributed by atoms with E-state index in [2.05, 4.69) is 15.3 Å². The molecule has 23 heavy (non-hydrogen) atoms. The lowest BCUT2D eigenvalue weighted by molar-refractivity contribution is 0.666. The van der Waals surface area contributed by atoms with E-state index in [4.69, 9.17) is 16.0 Å². The minimum atomic E-state index is 0.665. The lowest BCUT2D eigenvalue weighted by Crippen LogP contribution is -2.00. The maximum absolute atomic E-state index is 5.97. The molecule has 2 aromatic carbocycles. The Morgan fingerprint density at radius 1 is 1.04 bits per heavy atom. The van der Waals surface area contributed by atoms with Crippen LogP contribution in [0.5, 0.6) is 0 Å². The number of aryl methyl sites for hydroxylation is 1. The molecule has 0 unspecified atom stereocenters. The van der Waals surface area contributed by atoms with E-state index < -0.39 is 0 Å². The fraction of sp³-hybridized carbons (Fsp3) is 0.111. The van der Waals surface area contributed by atoms with Gasteiger partial charge in [0.2, 0.25) is 0 Å². The first-order valence-corrected chi connectivity index (χ1v) is 7.83. The number of rotatable bonds is 3. The highest BCUT2D eigenvalue weighted by atomic mass is 35.5. The molecule has 2 aromatic heterocycles. The fourth-order valence-electron chi connectivity index (χ4n) is 2.55. The predicted molar refractivity (Wildman–Crippen MR) is 93.4 cm³/mol. The van der Waals surface area contributed by atoms with E-state index in [0.29, 0.717) is 16.4 Å². The van der Waals surface area contributed by atoms with Crippen LogP contribution in [0, 0.1) is 0 Å². The Balaban J connectivity index is 1.91. The number of nitrogens with one attached hydrogen (secondary N) is 1. The molecule has 0 aliphatic carbocycles. The largest absolute Gasteiger partial charge is 0.450 e. The van der Waals surface area contributed by atoms with Crippen molar-refractivity contribution < 1.29 is 4.42 Å². The molecule has 0 atom stereocenters. The number of anilines is 2. The molecule has 0 aliphatic heterocycles. The molecule has 4 nitrogen and oxygen atoms in total. The normalized spacial score (nSPS) is 11.2. The van der Waals surface area contributed by atoms with Crippen LogP contribution in [0.4, 0.5) is 11.5 Å². The molecular weight excluding hydrogens is 310 g/mol. The molecular formula is C18H14ClN3O. The van der Waals surface area contributed by atoms with Gasteiger partial charge in [-0.3, -0.25) is 0 Å². The minimum absolute atomic E-state index is 0.665. The molecule has 0 amide bonds. The average molecular weight is 324 g/mol. The van der Waals surface area contributed by atoms with E-state index in [1.165, 1.54) is 0 Å². The Morgan fingerprint density at radius 3 is 2.61 bits per heavy atom. The predicted octanol–water partition coefficient (Wildman–Crippen LogP) is 5.34. The van der Waals surface area contributed by atoms with Gasteiger partial charge in [0.05, 0.1) is 0 Å². The van der Waals surface area contributed by atoms with Gasteiger partial charge in [0.1, 0.15) is 16.9 Å². The standard InChI is InChI=1S/C18H14ClN3O/c1-2-15-21-16-13-5-3-4-6-14(13)23-17(16)18(22-15)20-12-9-7-11(19)8-10-12/h3-10H,2H2,1H3,(H,20,21,22). The van der Waals surface area contributed by atoms with Crippen molar-refractivity contribution in [2.45, 2.75) is 13.3 Å². The molecule has 0 fully saturated rings. The smallest absolute Gasteiger partial charge is 0.196 e. The third-order valence-electron chi connectivity index (χ3n) is 3.69. The number of fused-ring (bicyclic) bond motifs is 3. The second-order valence-corrected chi connectivity index (χ2v) is 5.69. The monoisotopic (exact) mass is 323 g/mol. The van der Waals surface area contributed by atoms with Crippen LogP contribution in [0.15, 0.2) is 52.9 Å². The molecule has 2 heterocycles. The Morgan fingerprint density at radius 2 is 1.83 bits per heavy atom. The van der Waals surface area contributed by atoms with Gasteiger partial charge in [-0.15, -0.1) is 0 Å². The van der Waals surface area contributed by atoms with Crippen molar-refractivity contribution in [2.75, 3.05) is 5.32 Å². The third-order valence-corrected chi connectivity index (χ3v) is 3.94. The van der Waals surface area contributed by atoms with Gasteiger partial charge in [-0.2, -0.15) is 0 Å². The van der Waals surface area contributed by atoms with Crippen molar-refractivity contribution in [1.82, 2.24) is 9.97 Å². The van der Waals surface area contributed by atoms with Crippen molar-refractivity contribution in [3.05, 3.63) is 59.4 Å². The first-order valence-electron chi connectivity index (χ1n) is 7.45. The number of benzene rings is 2. The number of hydrogen-bond donors (Lipinski definition) is 1. The molecule has 114 valence electrons. The maximum Gasteiger partial charge on any atom is 0.196 e. The summed E-state index contributed by atoms with van der Waals surface area (Å²) in [5.74, 6) is 1.45. The van der Waals surface area contributed by atoms with Crippen molar-refractivity contribution >= 4 is 45.2 Å². The molecule has 4 rings (SSSR count). The van der Waals surface area contributed by atoms with Gasteiger partial charge in [-0.25, -0.2) is 9.97 Å². The first-order chi connectivity index (χ1) is 11.2. The number of hydrogen-bond acceptors (Lipinski definition) is 4. The highest BCUT2D eigenvalue weighted by Crippen LogP contribution is 2.32. The molecule has 4 aromatic rings. The molecule has 0 saturated carbocycles. The van der Waals surface area contributed by atoms with Gasteiger partial charge >= 0.3 is 0 Å². The van der Waals surface area contributed by atoms with Crippen LogP contribution in [0.3, 0.4) is 0 Å². The quantitative estimate of drug-likeness (QED) is 0.553. The number of furan rings is 1. The van der Waals surface area contributed by atoms with E-state index in [-0.39, 0.29) is 0 Å². The zero-order valence-electron chi connectivity index (χ0n) is 12.5. The third kappa shape index (κ3) is 2.51. The molecule has 5 heteroatoms. The summed E-state index contributed by atoms with van der Waals surface area (Å²) in [6.45, 7) is 2.04. The molecule has 0 bridgehead atoms. The van der Waals surface area contributed by atoms with Crippen molar-refractivity contribution in [2.24, 2.45) is 0 Å². The summed E-state index contributed by atoms with van der Waals surface area (Å²) in [6, 6.07) is 15.4. The van der Waals surface area contributed by atoms with E-state index >= 15 is 0 Å². The summed E-state index contributed by atoms with van der Waals surface area (Å²) >= 11 is 5.94. The van der Waals surface area contributed by atoms with Gasteiger partial charge in [0, 0.05) is 22.5 Å². The SMILES string of the molecule is CCc1nc(Nc2ccc(Cl)cc2)c2oc3ccccc3c2n1. The van der Waals surface area contributed by atoms with Crippen LogP contribution in [0.25, 0.3) is 22.1 Å². The maximum atomic E-state index is 5.97. The summed E-state index contributed by atoms with van der Waals surface area (Å²) in [5.41, 5.74) is 3.21. The van der Waals surface area contributed by atoms with Crippen molar-refractivity contribution in [3.63, 3.8) is 0 Å². The number of nitrogens with zero attached hydrogens (tertiary/aromatic N) is 2. The summed E-state index contributed by atoms with van der Waals surface area (Å²) in [5, 5.41) is 5.00. The highest BCUT2D eigenvalue weighted by molar-refractivity contribution is 6.30. The zero-order valence-corrected chi connectivity index (χ0v) is 13.3. The summed E-state index contributed by atoms with van der Waals surface area (Å²) in [7, 11) is 0. The fourth-order valence-corrected chi connectivity index (χ4v) is 2.68. The topological polar surface area (TPSA) is 51.0 Å². The summed E-state index contributed by atoms with van der Waals surface area (Å²) < 4.78 is 5.97. The number of halogens is 1. The van der Waals surface area contributed by atoms with E-state index in [1.54, 1.807) is 0 Å². The van der Waals surface area contributed by atoms with Crippen LogP contribution in [-0.2, 0) is 6.42 Å². The lowest BCUT2D eigenvalue weighted by Gasteiger charge is -2.07. The van der Waals surface area contributed by atoms with Crippen LogP contribution >= 0.6 is 11.6 Å². The Kier molecular flexibility index (Phi) is 3.39. The van der Waals surface area contributed by atoms with Gasteiger partial charge in [-0.1, -0.05) is 30.7 Å². The summed E-state index contributed by atoms with van der Waals surface area (Å²) in [4.78, 5) is 9.22. The van der Waals surface area contributed by atoms with E-state index in [0.717, 1.165) is 34.4 Å². The Hall–Kier alpha value is -2.59. The second-order valence-electron chi connectivity index (χ2n) is 5.25. The second kappa shape index (κ2) is 5.56. The minimum Gasteiger partial charge on any atom is -0.450 e. The lowest BCUT2D eigenvalue weighted by atomic mass is 10.2. The molecule has 1 N–H and O–H groups in total. The van der Waals surface area contributed by atoms with Crippen LogP contribution in [0.1, 0.15) is 12.7 Å². The van der Waals surface area contributed by atoms with Gasteiger partial charge in [-0.05, 0) is 36.4 Å². The number of para-hydroxylation sites is 1. The van der Waals surface area contributed by atoms with Crippen LogP contribution < -0.4 is 5.32 Å². The Labute approximate surface area is 138 Å². The van der Waals surface area contributed by atoms with Crippen LogP contribution in [-0.4, -0.2) is 9.97 Å². The highest BCUT2D eigenvalue weighted by Gasteiger charge is 2.15. The van der Waals surface area contributed by atoms with E-state index in [9.17, 15) is 0 Å². The van der Waals surface area contributed by atoms with E-state index in [1.807, 2.05) is 55.5 Å². The van der Waals surface area contributed by atoms with Gasteiger partial charge < -0.3 is 9.73 Å². The van der Waals surface area contributed by atoms with Crippen LogP contribution in [0.2, 0.25) is 5.02 Å². The summed E-state index contributed by atoms with van der Waals surface area (Å²) in [6.07, 6.45) is 0.755. The molecule has 0 aliphatic rings. The number of aromatic nitrogens is 2. The molecule has 0 spiro atoms. The van der Waals surface area contributed by atoms with Gasteiger partial charge in [0.15, 0.2) is 11.4 Å². The Bertz CT molecular complexity index is 992.